The van der Waals surface area contributed by atoms with Gasteiger partial charge in [-0.05, 0) is 88.0 Å². The van der Waals surface area contributed by atoms with Crippen LogP contribution >= 0.6 is 0 Å². The van der Waals surface area contributed by atoms with E-state index in [9.17, 15) is 0 Å². The first-order valence-corrected chi connectivity index (χ1v) is 13.8. The largest absolute Gasteiger partial charge is 3.00 e. The molecule has 43 heavy (non-hydrogen) atoms. The second kappa shape index (κ2) is 16.4. The van der Waals surface area contributed by atoms with Gasteiger partial charge in [-0.15, -0.1) is 35.9 Å². The Morgan fingerprint density at radius 3 is 1.60 bits per heavy atom. The van der Waals surface area contributed by atoms with Gasteiger partial charge in [0.15, 0.2) is 0 Å². The van der Waals surface area contributed by atoms with E-state index in [1.54, 1.807) is 0 Å². The summed E-state index contributed by atoms with van der Waals surface area (Å²) in [5, 5.41) is 0. The molecule has 4 heteroatoms. The topological polar surface area (TPSA) is 38.7 Å². The Labute approximate surface area is 270 Å². The molecule has 0 unspecified atom stereocenters. The monoisotopic (exact) mass is 739 g/mol. The van der Waals surface area contributed by atoms with Crippen LogP contribution in [0.25, 0.3) is 33.5 Å². The molecule has 0 amide bonds. The molecule has 6 aromatic rings. The molecule has 0 N–H and O–H groups in total. The Bertz CT molecular complexity index is 1610. The van der Waals surface area contributed by atoms with Crippen LogP contribution in [0.1, 0.15) is 22.3 Å². The van der Waals surface area contributed by atoms with E-state index in [0.717, 1.165) is 42.5 Å². The SMILES string of the molecule is [CH3-].[CH3-].[Ir+3].[c-]1ccccc1-c1ccc(-c2ccccc2-c2cc(CCc3cccnc3)cc(CCc3cccnc3)c2)cn1. The first-order valence-electron chi connectivity index (χ1n) is 13.8. The van der Waals surface area contributed by atoms with Gasteiger partial charge in [-0.2, -0.15) is 0 Å². The van der Waals surface area contributed by atoms with Gasteiger partial charge in [-0.1, -0.05) is 66.7 Å². The van der Waals surface area contributed by atoms with Crippen molar-refractivity contribution in [3.63, 3.8) is 0 Å². The second-order valence-corrected chi connectivity index (χ2v) is 10.0. The van der Waals surface area contributed by atoms with E-state index in [4.69, 9.17) is 4.98 Å². The Morgan fingerprint density at radius 2 is 1.09 bits per heavy atom. The van der Waals surface area contributed by atoms with E-state index in [0.29, 0.717) is 0 Å². The molecule has 0 fully saturated rings. The van der Waals surface area contributed by atoms with Gasteiger partial charge in [0.2, 0.25) is 0 Å². The Balaban J connectivity index is 0.00000169. The van der Waals surface area contributed by atoms with Crippen LogP contribution in [-0.4, -0.2) is 15.0 Å². The zero-order chi connectivity index (χ0) is 27.0. The molecule has 0 aliphatic rings. The van der Waals surface area contributed by atoms with Gasteiger partial charge in [0.25, 0.3) is 0 Å². The summed E-state index contributed by atoms with van der Waals surface area (Å²) in [6.07, 6.45) is 13.4. The fourth-order valence-electron chi connectivity index (χ4n) is 5.13. The summed E-state index contributed by atoms with van der Waals surface area (Å²) in [5.41, 5.74) is 11.9. The third kappa shape index (κ3) is 8.64. The fourth-order valence-corrected chi connectivity index (χ4v) is 5.13. The van der Waals surface area contributed by atoms with Gasteiger partial charge in [0, 0.05) is 31.0 Å². The second-order valence-electron chi connectivity index (χ2n) is 10.0. The molecule has 3 aromatic heterocycles. The van der Waals surface area contributed by atoms with Gasteiger partial charge >= 0.3 is 20.1 Å². The number of nitrogens with zero attached hydrogens (tertiary/aromatic N) is 3. The molecular weight excluding hydrogens is 703 g/mol. The molecule has 0 aliphatic carbocycles. The maximum absolute atomic E-state index is 4.78. The Morgan fingerprint density at radius 1 is 0.512 bits per heavy atom. The van der Waals surface area contributed by atoms with Crippen molar-refractivity contribution in [3.8, 4) is 33.5 Å². The predicted octanol–water partition coefficient (Wildman–Crippen LogP) is 9.14. The van der Waals surface area contributed by atoms with Crippen molar-refractivity contribution in [2.75, 3.05) is 0 Å². The van der Waals surface area contributed by atoms with Crippen LogP contribution in [0.4, 0.5) is 0 Å². The number of hydrogen-bond acceptors (Lipinski definition) is 3. The van der Waals surface area contributed by atoms with Gasteiger partial charge in [0.1, 0.15) is 0 Å². The van der Waals surface area contributed by atoms with Gasteiger partial charge in [-0.25, -0.2) is 0 Å². The van der Waals surface area contributed by atoms with E-state index in [1.165, 1.54) is 38.9 Å². The summed E-state index contributed by atoms with van der Waals surface area (Å²) < 4.78 is 0. The van der Waals surface area contributed by atoms with Gasteiger partial charge in [-0.3, -0.25) is 9.97 Å². The van der Waals surface area contributed by atoms with E-state index < -0.39 is 0 Å². The van der Waals surface area contributed by atoms with Crippen molar-refractivity contribution >= 4 is 0 Å². The third-order valence-corrected chi connectivity index (χ3v) is 7.20. The maximum atomic E-state index is 4.78. The van der Waals surface area contributed by atoms with Gasteiger partial charge in [0.05, 0.1) is 0 Å². The van der Waals surface area contributed by atoms with E-state index in [2.05, 4.69) is 82.8 Å². The molecule has 0 radical (unpaired) electrons. The van der Waals surface area contributed by atoms with Crippen molar-refractivity contribution in [3.05, 3.63) is 177 Å². The van der Waals surface area contributed by atoms with E-state index in [-0.39, 0.29) is 35.0 Å². The molecule has 0 aliphatic heterocycles. The van der Waals surface area contributed by atoms with Crippen molar-refractivity contribution in [2.45, 2.75) is 25.7 Å². The van der Waals surface area contributed by atoms with Crippen molar-refractivity contribution < 1.29 is 20.1 Å². The molecule has 3 aromatic carbocycles. The van der Waals surface area contributed by atoms with Gasteiger partial charge < -0.3 is 19.8 Å². The smallest absolute Gasteiger partial charge is 0.358 e. The average Bonchev–Trinajstić information content (AvgIpc) is 3.04. The molecular formula is C39H36IrN3. The number of aryl methyl sites for hydroxylation is 4. The quantitative estimate of drug-likeness (QED) is 0.139. The number of hydrogen-bond donors (Lipinski definition) is 0. The van der Waals surface area contributed by atoms with Crippen LogP contribution in [0.15, 0.2) is 134 Å². The minimum absolute atomic E-state index is 0. The van der Waals surface area contributed by atoms with Crippen LogP contribution in [0.3, 0.4) is 0 Å². The molecule has 3 nitrogen and oxygen atoms in total. The zero-order valence-corrected chi connectivity index (χ0v) is 27.1. The number of benzene rings is 3. The predicted molar refractivity (Wildman–Crippen MR) is 175 cm³/mol. The van der Waals surface area contributed by atoms with E-state index in [1.807, 2.05) is 67.4 Å². The summed E-state index contributed by atoms with van der Waals surface area (Å²) in [6.45, 7) is 0. The molecule has 6 rings (SSSR count). The van der Waals surface area contributed by atoms with Crippen LogP contribution in [0.5, 0.6) is 0 Å². The van der Waals surface area contributed by atoms with Crippen molar-refractivity contribution in [1.82, 2.24) is 15.0 Å². The number of rotatable bonds is 9. The maximum Gasteiger partial charge on any atom is 3.00 e. The Hall–Kier alpha value is -4.24. The number of aromatic nitrogens is 3. The zero-order valence-electron chi connectivity index (χ0n) is 24.7. The standard InChI is InChI=1S/C37H30N3.2CH3.Ir/c1-2-10-32(11-3-1)37-19-18-33(27-40-37)35-12-4-5-13-36(35)34-23-30(16-14-28-8-6-20-38-25-28)22-31(24-34)17-15-29-9-7-21-39-26-29;;;/h1-10,12-13,18-27H,14-17H2;2*1H3;/q3*-1;+3. The van der Waals surface area contributed by atoms with Crippen LogP contribution < -0.4 is 0 Å². The summed E-state index contributed by atoms with van der Waals surface area (Å²) in [6, 6.07) is 39.5. The Kier molecular flexibility index (Phi) is 12.7. The summed E-state index contributed by atoms with van der Waals surface area (Å²) >= 11 is 0. The molecule has 3 heterocycles. The molecule has 216 valence electrons. The molecule has 0 bridgehead atoms. The summed E-state index contributed by atoms with van der Waals surface area (Å²) in [4.78, 5) is 13.4. The fraction of sp³-hybridized carbons (Fsp3) is 0.103. The first-order chi connectivity index (χ1) is 19.8. The van der Waals surface area contributed by atoms with Crippen molar-refractivity contribution in [1.29, 1.82) is 0 Å². The minimum Gasteiger partial charge on any atom is -0.358 e. The molecule has 0 spiro atoms. The third-order valence-electron chi connectivity index (χ3n) is 7.20. The molecule has 0 saturated heterocycles. The van der Waals surface area contributed by atoms with Crippen LogP contribution in [0, 0.1) is 20.9 Å². The van der Waals surface area contributed by atoms with Crippen molar-refractivity contribution in [2.24, 2.45) is 0 Å². The summed E-state index contributed by atoms with van der Waals surface area (Å²) in [5.74, 6) is 0. The van der Waals surface area contributed by atoms with E-state index >= 15 is 0 Å². The molecule has 0 atom stereocenters. The normalized spacial score (nSPS) is 10.1. The van der Waals surface area contributed by atoms with Crippen LogP contribution in [0.2, 0.25) is 0 Å². The molecule has 0 saturated carbocycles. The number of pyridine rings is 3. The first kappa shape index (κ1) is 33.3. The van der Waals surface area contributed by atoms with Crippen LogP contribution in [-0.2, 0) is 45.8 Å². The minimum atomic E-state index is 0. The summed E-state index contributed by atoms with van der Waals surface area (Å²) in [7, 11) is 0. The average molecular weight is 739 g/mol.